The predicted molar refractivity (Wildman–Crippen MR) is 86.1 cm³/mol. The van der Waals surface area contributed by atoms with Crippen LogP contribution in [0.2, 0.25) is 10.0 Å². The SMILES string of the molecule is CCOc1cccc(CNc2cc(Cl)c(C)cc2Cl)c1. The third kappa shape index (κ3) is 3.81. The highest BCUT2D eigenvalue weighted by molar-refractivity contribution is 6.35. The Kier molecular flexibility index (Phi) is 5.16. The fourth-order valence-electron chi connectivity index (χ4n) is 1.89. The summed E-state index contributed by atoms with van der Waals surface area (Å²) in [7, 11) is 0. The van der Waals surface area contributed by atoms with Crippen molar-refractivity contribution in [2.75, 3.05) is 11.9 Å². The van der Waals surface area contributed by atoms with Crippen molar-refractivity contribution in [3.8, 4) is 5.75 Å². The summed E-state index contributed by atoms with van der Waals surface area (Å²) in [5, 5.41) is 4.68. The molecular formula is C16H17Cl2NO. The summed E-state index contributed by atoms with van der Waals surface area (Å²) < 4.78 is 5.48. The van der Waals surface area contributed by atoms with Crippen molar-refractivity contribution in [1.29, 1.82) is 0 Å². The minimum atomic E-state index is 0.663. The number of anilines is 1. The highest BCUT2D eigenvalue weighted by Crippen LogP contribution is 2.29. The summed E-state index contributed by atoms with van der Waals surface area (Å²) in [5.74, 6) is 0.875. The molecule has 4 heteroatoms. The second-order valence-electron chi connectivity index (χ2n) is 4.52. The normalized spacial score (nSPS) is 10.4. The Balaban J connectivity index is 2.08. The van der Waals surface area contributed by atoms with Gasteiger partial charge in [0.1, 0.15) is 5.75 Å². The first-order valence-corrected chi connectivity index (χ1v) is 7.27. The highest BCUT2D eigenvalue weighted by atomic mass is 35.5. The summed E-state index contributed by atoms with van der Waals surface area (Å²) in [6.07, 6.45) is 0. The van der Waals surface area contributed by atoms with Gasteiger partial charge < -0.3 is 10.1 Å². The molecule has 106 valence electrons. The first-order chi connectivity index (χ1) is 9.60. The van der Waals surface area contributed by atoms with E-state index in [2.05, 4.69) is 5.32 Å². The number of rotatable bonds is 5. The molecule has 0 aliphatic heterocycles. The van der Waals surface area contributed by atoms with Crippen molar-refractivity contribution in [1.82, 2.24) is 0 Å². The molecule has 2 aromatic rings. The largest absolute Gasteiger partial charge is 0.494 e. The van der Waals surface area contributed by atoms with Crippen LogP contribution < -0.4 is 10.1 Å². The Labute approximate surface area is 129 Å². The number of halogens is 2. The van der Waals surface area contributed by atoms with Crippen LogP contribution in [0.3, 0.4) is 0 Å². The van der Waals surface area contributed by atoms with Crippen molar-refractivity contribution in [2.24, 2.45) is 0 Å². The average Bonchev–Trinajstić information content (AvgIpc) is 2.42. The zero-order valence-electron chi connectivity index (χ0n) is 11.5. The Morgan fingerprint density at radius 3 is 2.65 bits per heavy atom. The molecule has 0 bridgehead atoms. The van der Waals surface area contributed by atoms with Crippen LogP contribution in [0.25, 0.3) is 0 Å². The quantitative estimate of drug-likeness (QED) is 0.807. The van der Waals surface area contributed by atoms with Gasteiger partial charge in [-0.3, -0.25) is 0 Å². The van der Waals surface area contributed by atoms with Crippen LogP contribution >= 0.6 is 23.2 Å². The lowest BCUT2D eigenvalue weighted by molar-refractivity contribution is 0.340. The van der Waals surface area contributed by atoms with Crippen molar-refractivity contribution in [3.05, 3.63) is 57.6 Å². The number of ether oxygens (including phenoxy) is 1. The molecule has 0 unspecified atom stereocenters. The lowest BCUT2D eigenvalue weighted by Gasteiger charge is -2.11. The van der Waals surface area contributed by atoms with Gasteiger partial charge in [-0.2, -0.15) is 0 Å². The Bertz CT molecular complexity index is 599. The molecule has 0 heterocycles. The van der Waals surface area contributed by atoms with E-state index in [1.807, 2.05) is 50.2 Å². The van der Waals surface area contributed by atoms with E-state index >= 15 is 0 Å². The predicted octanol–water partition coefficient (Wildman–Crippen LogP) is 5.31. The van der Waals surface area contributed by atoms with Gasteiger partial charge >= 0.3 is 0 Å². The van der Waals surface area contributed by atoms with Crippen molar-refractivity contribution in [2.45, 2.75) is 20.4 Å². The molecule has 2 aromatic carbocycles. The van der Waals surface area contributed by atoms with Crippen LogP contribution in [-0.4, -0.2) is 6.61 Å². The van der Waals surface area contributed by atoms with Crippen molar-refractivity contribution in [3.63, 3.8) is 0 Å². The standard InChI is InChI=1S/C16H17Cl2NO/c1-3-20-13-6-4-5-12(8-13)10-19-16-9-14(17)11(2)7-15(16)18/h4-9,19H,3,10H2,1-2H3. The third-order valence-electron chi connectivity index (χ3n) is 2.94. The Morgan fingerprint density at radius 2 is 1.90 bits per heavy atom. The fraction of sp³-hybridized carbons (Fsp3) is 0.250. The minimum absolute atomic E-state index is 0.663. The number of nitrogens with one attached hydrogen (secondary N) is 1. The highest BCUT2D eigenvalue weighted by Gasteiger charge is 2.05. The van der Waals surface area contributed by atoms with Crippen LogP contribution in [0.1, 0.15) is 18.1 Å². The maximum absolute atomic E-state index is 6.20. The van der Waals surface area contributed by atoms with E-state index < -0.39 is 0 Å². The molecule has 0 radical (unpaired) electrons. The first-order valence-electron chi connectivity index (χ1n) is 6.51. The van der Waals surface area contributed by atoms with E-state index in [0.29, 0.717) is 23.2 Å². The van der Waals surface area contributed by atoms with Crippen LogP contribution in [0.5, 0.6) is 5.75 Å². The maximum atomic E-state index is 6.20. The number of aryl methyl sites for hydroxylation is 1. The molecule has 0 amide bonds. The third-order valence-corrected chi connectivity index (χ3v) is 3.66. The van der Waals surface area contributed by atoms with E-state index in [4.69, 9.17) is 27.9 Å². The fourth-order valence-corrected chi connectivity index (χ4v) is 2.34. The molecule has 0 atom stereocenters. The van der Waals surface area contributed by atoms with Crippen LogP contribution in [0.4, 0.5) is 5.69 Å². The second-order valence-corrected chi connectivity index (χ2v) is 5.33. The summed E-state index contributed by atoms with van der Waals surface area (Å²) in [6.45, 7) is 5.23. The van der Waals surface area contributed by atoms with E-state index in [1.165, 1.54) is 0 Å². The van der Waals surface area contributed by atoms with Gasteiger partial charge in [0.25, 0.3) is 0 Å². The van der Waals surface area contributed by atoms with E-state index in [9.17, 15) is 0 Å². The molecule has 0 fully saturated rings. The van der Waals surface area contributed by atoms with E-state index in [0.717, 1.165) is 22.6 Å². The maximum Gasteiger partial charge on any atom is 0.119 e. The molecule has 2 nitrogen and oxygen atoms in total. The molecule has 1 N–H and O–H groups in total. The van der Waals surface area contributed by atoms with Crippen molar-refractivity contribution >= 4 is 28.9 Å². The van der Waals surface area contributed by atoms with Crippen molar-refractivity contribution < 1.29 is 4.74 Å². The number of hydrogen-bond acceptors (Lipinski definition) is 2. The lowest BCUT2D eigenvalue weighted by atomic mass is 10.2. The Hall–Kier alpha value is -1.38. The van der Waals surface area contributed by atoms with Crippen LogP contribution in [0.15, 0.2) is 36.4 Å². The topological polar surface area (TPSA) is 21.3 Å². The van der Waals surface area contributed by atoms with Gasteiger partial charge in [0.2, 0.25) is 0 Å². The molecular weight excluding hydrogens is 293 g/mol. The molecule has 0 spiro atoms. The summed E-state index contributed by atoms with van der Waals surface area (Å²) in [5.41, 5.74) is 2.94. The van der Waals surface area contributed by atoms with Gasteiger partial charge in [0, 0.05) is 11.6 Å². The molecule has 0 aliphatic rings. The minimum Gasteiger partial charge on any atom is -0.494 e. The number of benzene rings is 2. The monoisotopic (exact) mass is 309 g/mol. The van der Waals surface area contributed by atoms with Gasteiger partial charge in [-0.25, -0.2) is 0 Å². The van der Waals surface area contributed by atoms with Crippen LogP contribution in [0, 0.1) is 6.92 Å². The lowest BCUT2D eigenvalue weighted by Crippen LogP contribution is -2.01. The van der Waals surface area contributed by atoms with E-state index in [1.54, 1.807) is 0 Å². The molecule has 0 aliphatic carbocycles. The van der Waals surface area contributed by atoms with Gasteiger partial charge in [-0.05, 0) is 49.2 Å². The molecule has 0 saturated heterocycles. The van der Waals surface area contributed by atoms with Gasteiger partial charge in [0.05, 0.1) is 17.3 Å². The molecule has 20 heavy (non-hydrogen) atoms. The van der Waals surface area contributed by atoms with Crippen LogP contribution in [-0.2, 0) is 6.54 Å². The molecule has 0 saturated carbocycles. The Morgan fingerprint density at radius 1 is 1.10 bits per heavy atom. The number of hydrogen-bond donors (Lipinski definition) is 1. The van der Waals surface area contributed by atoms with Gasteiger partial charge in [-0.15, -0.1) is 0 Å². The molecule has 0 aromatic heterocycles. The summed E-state index contributed by atoms with van der Waals surface area (Å²) in [6, 6.07) is 11.7. The zero-order chi connectivity index (χ0) is 14.5. The first kappa shape index (κ1) is 15.0. The second kappa shape index (κ2) is 6.87. The zero-order valence-corrected chi connectivity index (χ0v) is 13.1. The average molecular weight is 310 g/mol. The summed E-state index contributed by atoms with van der Waals surface area (Å²) in [4.78, 5) is 0. The summed E-state index contributed by atoms with van der Waals surface area (Å²) >= 11 is 12.3. The molecule has 2 rings (SSSR count). The van der Waals surface area contributed by atoms with Gasteiger partial charge in [0.15, 0.2) is 0 Å². The smallest absolute Gasteiger partial charge is 0.119 e. The van der Waals surface area contributed by atoms with Gasteiger partial charge in [-0.1, -0.05) is 35.3 Å². The van der Waals surface area contributed by atoms with E-state index in [-0.39, 0.29) is 0 Å².